The Morgan fingerprint density at radius 2 is 2.00 bits per heavy atom. The topological polar surface area (TPSA) is 32.6 Å². The normalized spacial score (nSPS) is 13.1. The highest BCUT2D eigenvalue weighted by Gasteiger charge is 1.96. The zero-order valence-corrected chi connectivity index (χ0v) is 8.82. The molecule has 1 N–H and O–H groups in total. The van der Waals surface area contributed by atoms with Gasteiger partial charge in [-0.25, -0.2) is 0 Å². The third kappa shape index (κ3) is 3.03. The van der Waals surface area contributed by atoms with Crippen molar-refractivity contribution in [3.05, 3.63) is 40.4 Å². The van der Waals surface area contributed by atoms with Gasteiger partial charge in [-0.2, -0.15) is 0 Å². The van der Waals surface area contributed by atoms with Crippen molar-refractivity contribution < 1.29 is 5.21 Å². The summed E-state index contributed by atoms with van der Waals surface area (Å²) in [6, 6.07) is 9.82. The molecule has 0 bridgehead atoms. The number of hydrogen-bond acceptors (Lipinski definition) is 2. The molecule has 0 amide bonds. The van der Waals surface area contributed by atoms with Gasteiger partial charge in [-0.15, -0.1) is 0 Å². The lowest BCUT2D eigenvalue weighted by Gasteiger charge is -1.96. The van der Waals surface area contributed by atoms with Crippen molar-refractivity contribution in [2.75, 3.05) is 0 Å². The highest BCUT2D eigenvalue weighted by molar-refractivity contribution is 9.12. The number of nitrogens with zero attached hydrogens (tertiary/aromatic N) is 1. The van der Waals surface area contributed by atoms with E-state index in [2.05, 4.69) is 21.1 Å². The maximum absolute atomic E-state index is 8.50. The number of rotatable bonds is 2. The summed E-state index contributed by atoms with van der Waals surface area (Å²) in [7, 11) is 0. The van der Waals surface area contributed by atoms with Gasteiger partial charge in [-0.1, -0.05) is 35.5 Å². The van der Waals surface area contributed by atoms with Crippen molar-refractivity contribution in [2.24, 2.45) is 5.16 Å². The summed E-state index contributed by atoms with van der Waals surface area (Å²) in [6.07, 6.45) is 1.90. The lowest BCUT2D eigenvalue weighted by atomic mass is 10.2. The molecule has 0 aliphatic heterocycles. The Balaban J connectivity index is 2.89. The minimum Gasteiger partial charge on any atom is -0.411 e. The van der Waals surface area contributed by atoms with Crippen molar-refractivity contribution in [3.8, 4) is 0 Å². The van der Waals surface area contributed by atoms with E-state index in [-0.39, 0.29) is 0 Å². The molecule has 0 saturated carbocycles. The highest BCUT2D eigenvalue weighted by Crippen LogP contribution is 2.13. The zero-order chi connectivity index (χ0) is 9.68. The van der Waals surface area contributed by atoms with E-state index in [1.165, 1.54) is 0 Å². The van der Waals surface area contributed by atoms with Crippen molar-refractivity contribution >= 4 is 27.7 Å². The minimum atomic E-state index is 0.559. The van der Waals surface area contributed by atoms with Crippen molar-refractivity contribution in [1.29, 1.82) is 0 Å². The summed E-state index contributed by atoms with van der Waals surface area (Å²) < 4.78 is 0.779. The molecule has 1 rings (SSSR count). The average molecular weight is 240 g/mol. The third-order valence-electron chi connectivity index (χ3n) is 1.59. The van der Waals surface area contributed by atoms with Crippen LogP contribution in [0.15, 0.2) is 40.0 Å². The Morgan fingerprint density at radius 3 is 2.54 bits per heavy atom. The molecular formula is C10H10BrNO. The molecule has 0 aliphatic rings. The summed E-state index contributed by atoms with van der Waals surface area (Å²) in [5, 5.41) is 11.6. The molecule has 0 unspecified atom stereocenters. The highest BCUT2D eigenvalue weighted by atomic mass is 79.9. The first-order chi connectivity index (χ1) is 6.24. The summed E-state index contributed by atoms with van der Waals surface area (Å²) in [6.45, 7) is 1.73. The number of benzene rings is 1. The second-order valence-corrected chi connectivity index (χ2v) is 3.44. The number of halogens is 1. The van der Waals surface area contributed by atoms with Crippen LogP contribution in [0.25, 0.3) is 6.08 Å². The molecule has 1 aromatic carbocycles. The van der Waals surface area contributed by atoms with Crippen LogP contribution in [0.5, 0.6) is 0 Å². The van der Waals surface area contributed by atoms with Gasteiger partial charge < -0.3 is 5.21 Å². The Bertz CT molecular complexity index is 330. The minimum absolute atomic E-state index is 0.559. The van der Waals surface area contributed by atoms with Crippen molar-refractivity contribution in [2.45, 2.75) is 6.92 Å². The Kier molecular flexibility index (Phi) is 3.71. The Morgan fingerprint density at radius 1 is 1.38 bits per heavy atom. The van der Waals surface area contributed by atoms with Gasteiger partial charge in [-0.05, 0) is 34.5 Å². The van der Waals surface area contributed by atoms with Crippen LogP contribution < -0.4 is 0 Å². The first-order valence-electron chi connectivity index (χ1n) is 3.85. The number of oxime groups is 1. The van der Waals surface area contributed by atoms with Crippen LogP contribution in [0.3, 0.4) is 0 Å². The largest absolute Gasteiger partial charge is 0.411 e. The first kappa shape index (κ1) is 9.99. The summed E-state index contributed by atoms with van der Waals surface area (Å²) in [5.41, 5.74) is 1.63. The molecule has 1 aromatic rings. The van der Waals surface area contributed by atoms with Crippen molar-refractivity contribution in [3.63, 3.8) is 0 Å². The lowest BCUT2D eigenvalue weighted by molar-refractivity contribution is 0.319. The maximum Gasteiger partial charge on any atom is 0.0906 e. The first-order valence-corrected chi connectivity index (χ1v) is 4.64. The van der Waals surface area contributed by atoms with Crippen LogP contribution in [-0.2, 0) is 0 Å². The number of allylic oxidation sites excluding steroid dienone is 1. The molecule has 0 aliphatic carbocycles. The van der Waals surface area contributed by atoms with E-state index < -0.39 is 0 Å². The molecule has 0 fully saturated rings. The molecule has 2 nitrogen and oxygen atoms in total. The standard InChI is InChI=1S/C10H10BrNO/c1-8(12-13)10(11)7-9-5-3-2-4-6-9/h2-7,13H,1H3. The SMILES string of the molecule is CC(=NO)C(Br)=Cc1ccccc1. The summed E-state index contributed by atoms with van der Waals surface area (Å²) in [4.78, 5) is 0. The summed E-state index contributed by atoms with van der Waals surface area (Å²) in [5.74, 6) is 0. The fourth-order valence-electron chi connectivity index (χ4n) is 0.848. The molecule has 13 heavy (non-hydrogen) atoms. The van der Waals surface area contributed by atoms with E-state index >= 15 is 0 Å². The van der Waals surface area contributed by atoms with E-state index in [0.29, 0.717) is 5.71 Å². The quantitative estimate of drug-likeness (QED) is 0.480. The Labute approximate surface area is 85.7 Å². The van der Waals surface area contributed by atoms with Crippen LogP contribution in [0.4, 0.5) is 0 Å². The third-order valence-corrected chi connectivity index (χ3v) is 2.39. The predicted octanol–water partition coefficient (Wildman–Crippen LogP) is 3.27. The Hall–Kier alpha value is -1.09. The molecule has 0 saturated heterocycles. The molecule has 0 spiro atoms. The molecule has 68 valence electrons. The molecule has 3 heteroatoms. The van der Waals surface area contributed by atoms with Gasteiger partial charge in [-0.3, -0.25) is 0 Å². The second-order valence-electron chi connectivity index (χ2n) is 2.59. The van der Waals surface area contributed by atoms with E-state index in [0.717, 1.165) is 10.0 Å². The van der Waals surface area contributed by atoms with Crippen LogP contribution in [0.2, 0.25) is 0 Å². The fourth-order valence-corrected chi connectivity index (χ4v) is 1.19. The number of hydrogen-bond donors (Lipinski definition) is 1. The second kappa shape index (κ2) is 4.82. The van der Waals surface area contributed by atoms with E-state index in [9.17, 15) is 0 Å². The maximum atomic E-state index is 8.50. The van der Waals surface area contributed by atoms with Gasteiger partial charge in [0, 0.05) is 4.48 Å². The van der Waals surface area contributed by atoms with Gasteiger partial charge in [0.1, 0.15) is 0 Å². The fraction of sp³-hybridized carbons (Fsp3) is 0.100. The van der Waals surface area contributed by atoms with Gasteiger partial charge in [0.05, 0.1) is 5.71 Å². The molecule has 0 heterocycles. The van der Waals surface area contributed by atoms with Crippen LogP contribution in [-0.4, -0.2) is 10.9 Å². The lowest BCUT2D eigenvalue weighted by Crippen LogP contribution is -1.89. The molecule has 0 radical (unpaired) electrons. The average Bonchev–Trinajstić information content (AvgIpc) is 2.18. The monoisotopic (exact) mass is 239 g/mol. The van der Waals surface area contributed by atoms with E-state index in [1.807, 2.05) is 36.4 Å². The predicted molar refractivity (Wildman–Crippen MR) is 58.2 cm³/mol. The van der Waals surface area contributed by atoms with Gasteiger partial charge in [0.25, 0.3) is 0 Å². The smallest absolute Gasteiger partial charge is 0.0906 e. The van der Waals surface area contributed by atoms with Gasteiger partial charge >= 0.3 is 0 Å². The van der Waals surface area contributed by atoms with E-state index in [4.69, 9.17) is 5.21 Å². The summed E-state index contributed by atoms with van der Waals surface area (Å²) >= 11 is 3.31. The van der Waals surface area contributed by atoms with E-state index in [1.54, 1.807) is 6.92 Å². The van der Waals surface area contributed by atoms with Gasteiger partial charge in [0.15, 0.2) is 0 Å². The van der Waals surface area contributed by atoms with Crippen LogP contribution >= 0.6 is 15.9 Å². The van der Waals surface area contributed by atoms with Crippen molar-refractivity contribution in [1.82, 2.24) is 0 Å². The molecule has 0 atom stereocenters. The van der Waals surface area contributed by atoms with Crippen LogP contribution in [0.1, 0.15) is 12.5 Å². The van der Waals surface area contributed by atoms with Crippen LogP contribution in [0, 0.1) is 0 Å². The van der Waals surface area contributed by atoms with Gasteiger partial charge in [0.2, 0.25) is 0 Å². The molecule has 0 aromatic heterocycles. The molecular weight excluding hydrogens is 230 g/mol. The zero-order valence-electron chi connectivity index (χ0n) is 7.24.